The van der Waals surface area contributed by atoms with Crippen molar-refractivity contribution in [2.24, 2.45) is 0 Å². The molecule has 0 aliphatic heterocycles. The van der Waals surface area contributed by atoms with E-state index in [-0.39, 0.29) is 11.1 Å². The van der Waals surface area contributed by atoms with E-state index in [1.165, 1.54) is 0 Å². The Balaban J connectivity index is 2.29. The van der Waals surface area contributed by atoms with Gasteiger partial charge in [0.2, 0.25) is 0 Å². The van der Waals surface area contributed by atoms with Crippen molar-refractivity contribution in [1.29, 1.82) is 0 Å². The molecule has 3 aromatic rings. The first-order chi connectivity index (χ1) is 11.5. The monoisotopic (exact) mass is 422 g/mol. The average molecular weight is 424 g/mol. The Kier molecular flexibility index (Phi) is 5.09. The van der Waals surface area contributed by atoms with Gasteiger partial charge in [-0.25, -0.2) is 4.68 Å². The summed E-state index contributed by atoms with van der Waals surface area (Å²) >= 11 is 15.6. The highest BCUT2D eigenvalue weighted by Gasteiger charge is 2.22. The molecular formula is C18H13BrCl2N2O. The fourth-order valence-electron chi connectivity index (χ4n) is 2.57. The Morgan fingerprint density at radius 3 is 2.42 bits per heavy atom. The summed E-state index contributed by atoms with van der Waals surface area (Å²) in [6.07, 6.45) is 0. The number of para-hydroxylation sites is 1. The fraction of sp³-hybridized carbons (Fsp3) is 0.111. The van der Waals surface area contributed by atoms with Gasteiger partial charge in [0.05, 0.1) is 21.7 Å². The largest absolute Gasteiger partial charge is 0.291 e. The van der Waals surface area contributed by atoms with Gasteiger partial charge in [0.15, 0.2) is 5.78 Å². The van der Waals surface area contributed by atoms with Crippen LogP contribution in [0.2, 0.25) is 10.0 Å². The van der Waals surface area contributed by atoms with Crippen molar-refractivity contribution in [2.45, 2.75) is 6.92 Å². The molecule has 0 aliphatic carbocycles. The van der Waals surface area contributed by atoms with Crippen LogP contribution in [0.25, 0.3) is 16.9 Å². The van der Waals surface area contributed by atoms with Gasteiger partial charge in [-0.1, -0.05) is 63.4 Å². The molecule has 0 N–H and O–H groups in total. The molecule has 0 fully saturated rings. The number of carbonyl (C=O) groups excluding carboxylic acids is 1. The standard InChI is InChI=1S/C18H13BrCl2N2O/c1-11-17(16(24)10-19)22-23(15-5-3-2-4-14(15)21)18(11)12-6-8-13(20)9-7-12/h2-9H,10H2,1H3. The molecule has 0 spiro atoms. The number of nitrogens with zero attached hydrogens (tertiary/aromatic N) is 2. The van der Waals surface area contributed by atoms with Crippen LogP contribution < -0.4 is 0 Å². The summed E-state index contributed by atoms with van der Waals surface area (Å²) in [6, 6.07) is 14.8. The molecule has 24 heavy (non-hydrogen) atoms. The topological polar surface area (TPSA) is 34.9 Å². The number of carbonyl (C=O) groups is 1. The van der Waals surface area contributed by atoms with Gasteiger partial charge in [-0.3, -0.25) is 4.79 Å². The van der Waals surface area contributed by atoms with E-state index in [9.17, 15) is 4.79 Å². The summed E-state index contributed by atoms with van der Waals surface area (Å²) in [5, 5.41) is 5.96. The summed E-state index contributed by atoms with van der Waals surface area (Å²) < 4.78 is 1.72. The van der Waals surface area contributed by atoms with Crippen molar-refractivity contribution >= 4 is 44.9 Å². The molecule has 1 aromatic heterocycles. The number of ketones is 1. The van der Waals surface area contributed by atoms with E-state index >= 15 is 0 Å². The molecule has 0 saturated heterocycles. The number of benzene rings is 2. The van der Waals surface area contributed by atoms with Crippen LogP contribution in [0.3, 0.4) is 0 Å². The Morgan fingerprint density at radius 1 is 1.12 bits per heavy atom. The van der Waals surface area contributed by atoms with Gasteiger partial charge in [-0.15, -0.1) is 0 Å². The number of Topliss-reactive ketones (excluding diaryl/α,β-unsaturated/α-hetero) is 1. The quantitative estimate of drug-likeness (QED) is 0.396. The van der Waals surface area contributed by atoms with Crippen LogP contribution in [-0.2, 0) is 0 Å². The van der Waals surface area contributed by atoms with E-state index in [2.05, 4.69) is 21.0 Å². The highest BCUT2D eigenvalue weighted by atomic mass is 79.9. The van der Waals surface area contributed by atoms with E-state index in [1.54, 1.807) is 10.7 Å². The molecule has 1 heterocycles. The average Bonchev–Trinajstić information content (AvgIpc) is 2.92. The van der Waals surface area contributed by atoms with Crippen LogP contribution in [0.15, 0.2) is 48.5 Å². The minimum atomic E-state index is -0.0754. The van der Waals surface area contributed by atoms with Gasteiger partial charge in [0.25, 0.3) is 0 Å². The number of aromatic nitrogens is 2. The second-order valence-corrected chi connectivity index (χ2v) is 6.65. The molecule has 0 amide bonds. The van der Waals surface area contributed by atoms with Crippen LogP contribution in [0.5, 0.6) is 0 Å². The van der Waals surface area contributed by atoms with Crippen LogP contribution in [0, 0.1) is 6.92 Å². The van der Waals surface area contributed by atoms with Crippen LogP contribution >= 0.6 is 39.1 Å². The van der Waals surface area contributed by atoms with Gasteiger partial charge in [-0.2, -0.15) is 5.10 Å². The lowest BCUT2D eigenvalue weighted by atomic mass is 10.1. The van der Waals surface area contributed by atoms with Crippen molar-refractivity contribution < 1.29 is 4.79 Å². The fourth-order valence-corrected chi connectivity index (χ4v) is 3.18. The zero-order valence-corrected chi connectivity index (χ0v) is 15.9. The zero-order valence-electron chi connectivity index (χ0n) is 12.8. The number of rotatable bonds is 4. The number of hydrogen-bond acceptors (Lipinski definition) is 2. The molecule has 3 nitrogen and oxygen atoms in total. The third kappa shape index (κ3) is 3.14. The van der Waals surface area contributed by atoms with Crippen LogP contribution in [0.1, 0.15) is 16.1 Å². The lowest BCUT2D eigenvalue weighted by molar-refractivity contribution is 0.101. The van der Waals surface area contributed by atoms with Gasteiger partial charge < -0.3 is 0 Å². The number of halogens is 3. The normalized spacial score (nSPS) is 10.8. The Morgan fingerprint density at radius 2 is 1.79 bits per heavy atom. The predicted molar refractivity (Wildman–Crippen MR) is 102 cm³/mol. The first-order valence-electron chi connectivity index (χ1n) is 7.22. The summed E-state index contributed by atoms with van der Waals surface area (Å²) in [6.45, 7) is 1.89. The summed E-state index contributed by atoms with van der Waals surface area (Å²) in [5.74, 6) is -0.0754. The van der Waals surface area contributed by atoms with Crippen molar-refractivity contribution in [2.75, 3.05) is 5.33 Å². The predicted octanol–water partition coefficient (Wildman–Crippen LogP) is 5.73. The van der Waals surface area contributed by atoms with E-state index in [1.807, 2.05) is 49.4 Å². The molecule has 0 saturated carbocycles. The number of alkyl halides is 1. The summed E-state index contributed by atoms with van der Waals surface area (Å²) in [7, 11) is 0. The lowest BCUT2D eigenvalue weighted by Crippen LogP contribution is -2.04. The minimum absolute atomic E-state index is 0.0754. The SMILES string of the molecule is Cc1c(C(=O)CBr)nn(-c2ccccc2Cl)c1-c1ccc(Cl)cc1. The summed E-state index contributed by atoms with van der Waals surface area (Å²) in [5.41, 5.74) is 3.70. The van der Waals surface area contributed by atoms with E-state index in [4.69, 9.17) is 23.2 Å². The van der Waals surface area contributed by atoms with Crippen molar-refractivity contribution in [3.63, 3.8) is 0 Å². The van der Waals surface area contributed by atoms with E-state index in [0.717, 1.165) is 22.5 Å². The highest BCUT2D eigenvalue weighted by Crippen LogP contribution is 2.32. The van der Waals surface area contributed by atoms with Crippen molar-refractivity contribution in [3.05, 3.63) is 69.8 Å². The van der Waals surface area contributed by atoms with E-state index < -0.39 is 0 Å². The smallest absolute Gasteiger partial charge is 0.193 e. The molecule has 2 aromatic carbocycles. The van der Waals surface area contributed by atoms with E-state index in [0.29, 0.717) is 15.7 Å². The van der Waals surface area contributed by atoms with Crippen LogP contribution in [0.4, 0.5) is 0 Å². The molecule has 0 bridgehead atoms. The second kappa shape index (κ2) is 7.09. The van der Waals surface area contributed by atoms with Crippen molar-refractivity contribution in [3.8, 4) is 16.9 Å². The second-order valence-electron chi connectivity index (χ2n) is 5.25. The lowest BCUT2D eigenvalue weighted by Gasteiger charge is -2.10. The molecule has 0 unspecified atom stereocenters. The summed E-state index contributed by atoms with van der Waals surface area (Å²) in [4.78, 5) is 12.2. The third-order valence-electron chi connectivity index (χ3n) is 3.71. The van der Waals surface area contributed by atoms with Gasteiger partial charge >= 0.3 is 0 Å². The molecule has 6 heteroatoms. The Bertz CT molecular complexity index is 904. The molecule has 0 radical (unpaired) electrons. The minimum Gasteiger partial charge on any atom is -0.291 e. The highest BCUT2D eigenvalue weighted by molar-refractivity contribution is 9.09. The number of hydrogen-bond donors (Lipinski definition) is 0. The maximum absolute atomic E-state index is 12.2. The Hall–Kier alpha value is -1.62. The molecule has 0 atom stereocenters. The molecule has 0 aliphatic rings. The van der Waals surface area contributed by atoms with Gasteiger partial charge in [-0.05, 0) is 31.2 Å². The van der Waals surface area contributed by atoms with Crippen molar-refractivity contribution in [1.82, 2.24) is 9.78 Å². The first kappa shape index (κ1) is 17.2. The molecule has 122 valence electrons. The van der Waals surface area contributed by atoms with Gasteiger partial charge in [0, 0.05) is 16.1 Å². The van der Waals surface area contributed by atoms with Crippen LogP contribution in [-0.4, -0.2) is 20.9 Å². The first-order valence-corrected chi connectivity index (χ1v) is 9.10. The Labute approximate surface area is 158 Å². The third-order valence-corrected chi connectivity index (χ3v) is 4.79. The maximum Gasteiger partial charge on any atom is 0.193 e. The van der Waals surface area contributed by atoms with Gasteiger partial charge in [0.1, 0.15) is 5.69 Å². The molecule has 3 rings (SSSR count). The zero-order chi connectivity index (χ0) is 17.3. The maximum atomic E-state index is 12.2. The molecular weight excluding hydrogens is 411 g/mol.